The molecule has 0 radical (unpaired) electrons. The minimum Gasteiger partial charge on any atom is -0.348 e. The Morgan fingerprint density at radius 1 is 1.07 bits per heavy atom. The third-order valence-electron chi connectivity index (χ3n) is 3.79. The fourth-order valence-electron chi connectivity index (χ4n) is 2.36. The highest BCUT2D eigenvalue weighted by Gasteiger charge is 2.26. The van der Waals surface area contributed by atoms with E-state index in [1.54, 1.807) is 17.1 Å². The van der Waals surface area contributed by atoms with Crippen molar-refractivity contribution < 1.29 is 22.0 Å². The number of aromatic nitrogens is 2. The molecule has 140 valence electrons. The molecule has 3 rings (SSSR count). The molecule has 0 aliphatic rings. The van der Waals surface area contributed by atoms with Gasteiger partial charge in [0.15, 0.2) is 0 Å². The van der Waals surface area contributed by atoms with Crippen molar-refractivity contribution in [2.24, 2.45) is 0 Å². The fraction of sp³-hybridized carbons (Fsp3) is 0.111. The molecule has 6 nitrogen and oxygen atoms in total. The molecular weight excluding hydrogens is 376 g/mol. The summed E-state index contributed by atoms with van der Waals surface area (Å²) in [6.07, 6.45) is 3.39. The minimum atomic E-state index is -4.67. The number of carbonyl (C=O) groups is 1. The van der Waals surface area contributed by atoms with Crippen LogP contribution in [0, 0.1) is 0 Å². The predicted octanol–water partition coefficient (Wildman–Crippen LogP) is 2.80. The summed E-state index contributed by atoms with van der Waals surface area (Å²) in [6, 6.07) is 13.8. The van der Waals surface area contributed by atoms with Crippen LogP contribution in [-0.2, 0) is 16.4 Å². The second-order valence-electron chi connectivity index (χ2n) is 5.64. The average Bonchev–Trinajstić information content (AvgIpc) is 3.16. The molecule has 1 aromatic heterocycles. The summed E-state index contributed by atoms with van der Waals surface area (Å²) in [6.45, 7) is 0.211. The molecule has 0 bridgehead atoms. The molecule has 1 N–H and O–H groups in total. The maximum absolute atomic E-state index is 12.5. The van der Waals surface area contributed by atoms with Crippen LogP contribution < -0.4 is 5.32 Å². The Hall–Kier alpha value is -3.07. The molecule has 0 fully saturated rings. The van der Waals surface area contributed by atoms with Crippen molar-refractivity contribution in [2.45, 2.75) is 17.2 Å². The summed E-state index contributed by atoms with van der Waals surface area (Å²) < 4.78 is 49.5. The average molecular weight is 391 g/mol. The van der Waals surface area contributed by atoms with E-state index in [1.165, 1.54) is 12.1 Å². The largest absolute Gasteiger partial charge is 0.348 e. The predicted molar refractivity (Wildman–Crippen MR) is 94.4 cm³/mol. The van der Waals surface area contributed by atoms with Gasteiger partial charge in [-0.25, -0.2) is 13.1 Å². The molecule has 0 unspecified atom stereocenters. The van der Waals surface area contributed by atoms with E-state index in [-0.39, 0.29) is 12.1 Å². The number of nitrogens with zero attached hydrogens (tertiary/aromatic N) is 2. The van der Waals surface area contributed by atoms with Crippen molar-refractivity contribution >= 4 is 15.7 Å². The molecule has 2 aromatic carbocycles. The molecule has 1 amide bonds. The zero-order valence-electron chi connectivity index (χ0n) is 13.9. The van der Waals surface area contributed by atoms with Crippen molar-refractivity contribution in [3.63, 3.8) is 0 Å². The number of alkyl halides is 2. The van der Waals surface area contributed by atoms with Gasteiger partial charge >= 0.3 is 5.76 Å². The van der Waals surface area contributed by atoms with Gasteiger partial charge in [-0.1, -0.05) is 18.2 Å². The first-order valence-corrected chi connectivity index (χ1v) is 9.42. The first-order chi connectivity index (χ1) is 12.9. The van der Waals surface area contributed by atoms with Crippen LogP contribution in [0.4, 0.5) is 8.78 Å². The van der Waals surface area contributed by atoms with Crippen molar-refractivity contribution in [1.29, 1.82) is 0 Å². The number of benzene rings is 2. The lowest BCUT2D eigenvalue weighted by Crippen LogP contribution is -2.22. The molecular formula is C18H15F2N3O3S. The van der Waals surface area contributed by atoms with Crippen molar-refractivity contribution in [3.05, 3.63) is 78.1 Å². The lowest BCUT2D eigenvalue weighted by Gasteiger charge is -2.06. The Morgan fingerprint density at radius 3 is 2.37 bits per heavy atom. The van der Waals surface area contributed by atoms with Crippen LogP contribution in [0.2, 0.25) is 0 Å². The molecule has 0 saturated heterocycles. The third kappa shape index (κ3) is 4.20. The van der Waals surface area contributed by atoms with Crippen LogP contribution in [0.15, 0.2) is 71.9 Å². The maximum atomic E-state index is 12.5. The standard InChI is InChI=1S/C18H15F2N3O3S/c19-18(20)27(25,26)16-8-6-14(7-9-16)17(24)21-10-13-11-22-23(12-13)15-4-2-1-3-5-15/h1-9,11-12,18H,10H2,(H,21,24). The number of halogens is 2. The van der Waals surface area contributed by atoms with Gasteiger partial charge in [-0.2, -0.15) is 13.9 Å². The molecule has 0 saturated carbocycles. The van der Waals surface area contributed by atoms with Gasteiger partial charge in [-0.05, 0) is 36.4 Å². The zero-order valence-corrected chi connectivity index (χ0v) is 14.7. The number of amides is 1. The minimum absolute atomic E-state index is 0.165. The summed E-state index contributed by atoms with van der Waals surface area (Å²) in [7, 11) is -4.67. The molecule has 1 heterocycles. The quantitative estimate of drug-likeness (QED) is 0.701. The van der Waals surface area contributed by atoms with Gasteiger partial charge < -0.3 is 5.32 Å². The van der Waals surface area contributed by atoms with Gasteiger partial charge in [0.1, 0.15) is 0 Å². The summed E-state index contributed by atoms with van der Waals surface area (Å²) >= 11 is 0. The van der Waals surface area contributed by atoms with Crippen molar-refractivity contribution in [3.8, 4) is 5.69 Å². The topological polar surface area (TPSA) is 81.1 Å². The highest BCUT2D eigenvalue weighted by molar-refractivity contribution is 7.91. The summed E-state index contributed by atoms with van der Waals surface area (Å²) in [4.78, 5) is 11.6. The molecule has 0 aliphatic heterocycles. The van der Waals surface area contributed by atoms with Crippen molar-refractivity contribution in [1.82, 2.24) is 15.1 Å². The second kappa shape index (κ2) is 7.67. The van der Waals surface area contributed by atoms with Gasteiger partial charge in [0, 0.05) is 23.9 Å². The third-order valence-corrected chi connectivity index (χ3v) is 5.19. The molecule has 0 aliphatic carbocycles. The fourth-order valence-corrected chi connectivity index (χ4v) is 3.08. The second-order valence-corrected chi connectivity index (χ2v) is 7.56. The summed E-state index contributed by atoms with van der Waals surface area (Å²) in [5.74, 6) is -3.96. The van der Waals surface area contributed by atoms with E-state index in [2.05, 4.69) is 10.4 Å². The normalized spacial score (nSPS) is 11.5. The maximum Gasteiger partial charge on any atom is 0.341 e. The van der Waals surface area contributed by atoms with E-state index in [9.17, 15) is 22.0 Å². The van der Waals surface area contributed by atoms with Gasteiger partial charge in [0.05, 0.1) is 16.8 Å². The van der Waals surface area contributed by atoms with Crippen LogP contribution >= 0.6 is 0 Å². The number of carbonyl (C=O) groups excluding carboxylic acids is 1. The summed E-state index contributed by atoms with van der Waals surface area (Å²) in [5, 5.41) is 6.89. The van der Waals surface area contributed by atoms with Gasteiger partial charge in [0.2, 0.25) is 9.84 Å². The van der Waals surface area contributed by atoms with Crippen LogP contribution in [-0.4, -0.2) is 29.9 Å². The van der Waals surface area contributed by atoms with E-state index in [0.717, 1.165) is 23.4 Å². The van der Waals surface area contributed by atoms with E-state index < -0.39 is 26.4 Å². The number of hydrogen-bond acceptors (Lipinski definition) is 4. The van der Waals surface area contributed by atoms with E-state index in [4.69, 9.17) is 0 Å². The van der Waals surface area contributed by atoms with Crippen LogP contribution in [0.25, 0.3) is 5.69 Å². The molecule has 27 heavy (non-hydrogen) atoms. The first kappa shape index (κ1) is 18.7. The Morgan fingerprint density at radius 2 is 1.74 bits per heavy atom. The smallest absolute Gasteiger partial charge is 0.341 e. The Bertz CT molecular complexity index is 1030. The number of para-hydroxylation sites is 1. The van der Waals surface area contributed by atoms with E-state index >= 15 is 0 Å². The highest BCUT2D eigenvalue weighted by Crippen LogP contribution is 2.18. The molecule has 3 aromatic rings. The number of rotatable bonds is 6. The van der Waals surface area contributed by atoms with E-state index in [0.29, 0.717) is 0 Å². The van der Waals surface area contributed by atoms with Gasteiger partial charge in [-0.15, -0.1) is 0 Å². The van der Waals surface area contributed by atoms with Crippen molar-refractivity contribution in [2.75, 3.05) is 0 Å². The lowest BCUT2D eigenvalue weighted by atomic mass is 10.2. The van der Waals surface area contributed by atoms with Crippen LogP contribution in [0.3, 0.4) is 0 Å². The SMILES string of the molecule is O=C(NCc1cnn(-c2ccccc2)c1)c1ccc(S(=O)(=O)C(F)F)cc1. The molecule has 0 atom stereocenters. The molecule has 9 heteroatoms. The van der Waals surface area contributed by atoms with Crippen LogP contribution in [0.5, 0.6) is 0 Å². The van der Waals surface area contributed by atoms with Gasteiger partial charge in [0.25, 0.3) is 5.91 Å². The Kier molecular flexibility index (Phi) is 5.31. The number of nitrogens with one attached hydrogen (secondary N) is 1. The zero-order chi connectivity index (χ0) is 19.4. The Labute approximate surface area is 154 Å². The van der Waals surface area contributed by atoms with E-state index in [1.807, 2.05) is 30.3 Å². The van der Waals surface area contributed by atoms with Crippen LogP contribution in [0.1, 0.15) is 15.9 Å². The molecule has 0 spiro atoms. The Balaban J connectivity index is 1.64. The number of hydrogen-bond donors (Lipinski definition) is 1. The van der Waals surface area contributed by atoms with Gasteiger partial charge in [-0.3, -0.25) is 4.79 Å². The summed E-state index contributed by atoms with van der Waals surface area (Å²) in [5.41, 5.74) is 1.81. The highest BCUT2D eigenvalue weighted by atomic mass is 32.2. The monoisotopic (exact) mass is 391 g/mol. The number of sulfone groups is 1. The lowest BCUT2D eigenvalue weighted by molar-refractivity contribution is 0.0951. The first-order valence-electron chi connectivity index (χ1n) is 7.87.